The zero-order valence-corrected chi connectivity index (χ0v) is 27.6. The second-order valence-corrected chi connectivity index (χ2v) is 14.1. The molecule has 46 heavy (non-hydrogen) atoms. The molecule has 0 radical (unpaired) electrons. The Morgan fingerprint density at radius 2 is 1.89 bits per heavy atom. The molecule has 4 heterocycles. The van der Waals surface area contributed by atoms with Crippen LogP contribution in [0.3, 0.4) is 0 Å². The maximum absolute atomic E-state index is 15.6. The number of amides is 2. The van der Waals surface area contributed by atoms with Crippen molar-refractivity contribution in [2.75, 3.05) is 39.8 Å². The first-order valence-corrected chi connectivity index (χ1v) is 16.8. The van der Waals surface area contributed by atoms with Crippen molar-refractivity contribution in [2.45, 2.75) is 70.7 Å². The van der Waals surface area contributed by atoms with Crippen LogP contribution in [0.15, 0.2) is 36.5 Å². The molecular formula is C34H41F2N5O4S. The lowest BCUT2D eigenvalue weighted by Crippen LogP contribution is -2.36. The molecule has 0 saturated carbocycles. The first kappa shape index (κ1) is 32.2. The molecule has 6 rings (SSSR count). The highest BCUT2D eigenvalue weighted by Gasteiger charge is 2.33. The van der Waals surface area contributed by atoms with E-state index in [-0.39, 0.29) is 18.0 Å². The van der Waals surface area contributed by atoms with Gasteiger partial charge in [0.1, 0.15) is 23.3 Å². The third kappa shape index (κ3) is 6.83. The lowest BCUT2D eigenvalue weighted by Gasteiger charge is -2.29. The summed E-state index contributed by atoms with van der Waals surface area (Å²) < 4.78 is 42.9. The Hall–Kier alpha value is -3.77. The number of nitrogens with one attached hydrogen (secondary N) is 1. The quantitative estimate of drug-likeness (QED) is 0.206. The molecule has 12 heteroatoms. The van der Waals surface area contributed by atoms with Crippen molar-refractivity contribution in [2.24, 2.45) is 0 Å². The highest BCUT2D eigenvalue weighted by atomic mass is 32.1. The van der Waals surface area contributed by atoms with Gasteiger partial charge >= 0.3 is 6.09 Å². The zero-order valence-electron chi connectivity index (χ0n) is 26.8. The van der Waals surface area contributed by atoms with Gasteiger partial charge in [-0.3, -0.25) is 9.20 Å². The maximum atomic E-state index is 15.6. The molecule has 9 nitrogen and oxygen atoms in total. The summed E-state index contributed by atoms with van der Waals surface area (Å²) >= 11 is 1.41. The predicted octanol–water partition coefficient (Wildman–Crippen LogP) is 6.99. The van der Waals surface area contributed by atoms with E-state index in [9.17, 15) is 14.0 Å². The van der Waals surface area contributed by atoms with Crippen molar-refractivity contribution in [1.82, 2.24) is 24.5 Å². The van der Waals surface area contributed by atoms with Crippen molar-refractivity contribution in [3.8, 4) is 17.0 Å². The van der Waals surface area contributed by atoms with Crippen LogP contribution in [0.25, 0.3) is 26.4 Å². The minimum absolute atomic E-state index is 0.220. The predicted molar refractivity (Wildman–Crippen MR) is 175 cm³/mol. The summed E-state index contributed by atoms with van der Waals surface area (Å²) in [4.78, 5) is 35.2. The van der Waals surface area contributed by atoms with E-state index in [2.05, 4.69) is 10.2 Å². The fraction of sp³-hybridized carbons (Fsp3) is 0.500. The number of rotatable bonds is 8. The van der Waals surface area contributed by atoms with Crippen LogP contribution in [0.5, 0.6) is 5.75 Å². The second kappa shape index (κ2) is 13.2. The van der Waals surface area contributed by atoms with Gasteiger partial charge in [0.15, 0.2) is 4.96 Å². The van der Waals surface area contributed by atoms with Crippen LogP contribution in [0.1, 0.15) is 74.8 Å². The molecule has 2 amide bonds. The Bertz CT molecular complexity index is 1740. The summed E-state index contributed by atoms with van der Waals surface area (Å²) in [6, 6.07) is 8.45. The number of halogens is 2. The summed E-state index contributed by atoms with van der Waals surface area (Å²) in [7, 11) is 1.53. The fourth-order valence-corrected chi connectivity index (χ4v) is 7.35. The molecule has 0 bridgehead atoms. The number of nitrogens with zero attached hydrogens (tertiary/aromatic N) is 4. The number of carbonyl (C=O) groups is 2. The number of hydrogen-bond acceptors (Lipinski definition) is 7. The number of piperidine rings is 1. The minimum Gasteiger partial charge on any atom is -0.496 e. The van der Waals surface area contributed by atoms with Gasteiger partial charge in [-0.05, 0) is 83.2 Å². The first-order valence-electron chi connectivity index (χ1n) is 15.9. The third-order valence-corrected chi connectivity index (χ3v) is 9.67. The first-order chi connectivity index (χ1) is 22.0. The van der Waals surface area contributed by atoms with Crippen LogP contribution < -0.4 is 10.1 Å². The van der Waals surface area contributed by atoms with E-state index in [4.69, 9.17) is 14.5 Å². The molecule has 246 valence electrons. The Morgan fingerprint density at radius 1 is 1.11 bits per heavy atom. The van der Waals surface area contributed by atoms with E-state index in [1.165, 1.54) is 24.5 Å². The molecule has 0 aliphatic carbocycles. The van der Waals surface area contributed by atoms with Crippen LogP contribution in [0.4, 0.5) is 13.6 Å². The standard InChI is InChI=1S/C34H41F2N5O4S/c1-34(2,3)45-33(43)40-14-5-7-27(40)21-8-9-23(25(36)17-21)26-20-41-28-19-29(44-4)24(18-30(28)46-32(41)38-26)31(42)37-12-6-13-39-15-10-22(35)11-16-39/h8-9,17-20,22,27H,5-7,10-16H2,1-4H3,(H,37,42)/t27-/m0/s1. The van der Waals surface area contributed by atoms with Crippen LogP contribution in [-0.4, -0.2) is 82.8 Å². The van der Waals surface area contributed by atoms with Gasteiger partial charge in [0.05, 0.1) is 34.6 Å². The number of methoxy groups -OCH3 is 1. The van der Waals surface area contributed by atoms with Crippen LogP contribution in [-0.2, 0) is 4.74 Å². The maximum Gasteiger partial charge on any atom is 0.410 e. The summed E-state index contributed by atoms with van der Waals surface area (Å²) in [6.45, 7) is 8.92. The Balaban J connectivity index is 1.16. The van der Waals surface area contributed by atoms with E-state index in [0.717, 1.165) is 54.7 Å². The van der Waals surface area contributed by atoms with E-state index >= 15 is 4.39 Å². The molecule has 0 spiro atoms. The van der Waals surface area contributed by atoms with Gasteiger partial charge < -0.3 is 24.6 Å². The van der Waals surface area contributed by atoms with E-state index < -0.39 is 17.6 Å². The Labute approximate surface area is 271 Å². The molecule has 2 aromatic carbocycles. The van der Waals surface area contributed by atoms with Gasteiger partial charge in [0.25, 0.3) is 5.91 Å². The lowest BCUT2D eigenvalue weighted by molar-refractivity contribution is 0.0224. The number of fused-ring (bicyclic) bond motifs is 3. The molecule has 2 aliphatic rings. The summed E-state index contributed by atoms with van der Waals surface area (Å²) in [5.41, 5.74) is 2.22. The number of ether oxygens (including phenoxy) is 2. The smallest absolute Gasteiger partial charge is 0.410 e. The van der Waals surface area contributed by atoms with Crippen molar-refractivity contribution < 1.29 is 27.8 Å². The second-order valence-electron chi connectivity index (χ2n) is 13.1. The normalized spacial score (nSPS) is 18.0. The van der Waals surface area contributed by atoms with Gasteiger partial charge in [-0.1, -0.05) is 17.4 Å². The summed E-state index contributed by atoms with van der Waals surface area (Å²) in [5, 5.41) is 2.99. The number of benzene rings is 2. The Kier molecular flexibility index (Phi) is 9.20. The zero-order chi connectivity index (χ0) is 32.6. The van der Waals surface area contributed by atoms with Gasteiger partial charge in [-0.15, -0.1) is 0 Å². The molecular weight excluding hydrogens is 612 g/mol. The van der Waals surface area contributed by atoms with Crippen molar-refractivity contribution in [3.05, 3.63) is 53.5 Å². The van der Waals surface area contributed by atoms with E-state index in [0.29, 0.717) is 53.5 Å². The average Bonchev–Trinajstić information content (AvgIpc) is 3.74. The number of carbonyl (C=O) groups excluding carboxylic acids is 2. The third-order valence-electron chi connectivity index (χ3n) is 8.65. The molecule has 2 aliphatic heterocycles. The molecule has 2 saturated heterocycles. The molecule has 2 fully saturated rings. The topological polar surface area (TPSA) is 88.4 Å². The van der Waals surface area contributed by atoms with Crippen molar-refractivity contribution >= 4 is 38.5 Å². The number of imidazole rings is 1. The van der Waals surface area contributed by atoms with Crippen LogP contribution >= 0.6 is 11.3 Å². The minimum atomic E-state index is -0.695. The Morgan fingerprint density at radius 3 is 2.61 bits per heavy atom. The highest BCUT2D eigenvalue weighted by Crippen LogP contribution is 2.37. The fourth-order valence-electron chi connectivity index (χ4n) is 6.33. The van der Waals surface area contributed by atoms with Crippen LogP contribution in [0, 0.1) is 5.82 Å². The van der Waals surface area contributed by atoms with E-state index in [1.807, 2.05) is 43.4 Å². The molecule has 2 aromatic heterocycles. The van der Waals surface area contributed by atoms with Gasteiger partial charge in [0.2, 0.25) is 0 Å². The van der Waals surface area contributed by atoms with Gasteiger partial charge in [-0.2, -0.15) is 0 Å². The monoisotopic (exact) mass is 653 g/mol. The molecule has 0 unspecified atom stereocenters. The number of thiazole rings is 1. The molecule has 4 aromatic rings. The summed E-state index contributed by atoms with van der Waals surface area (Å²) in [6.07, 6.45) is 4.21. The van der Waals surface area contributed by atoms with E-state index in [1.54, 1.807) is 17.2 Å². The van der Waals surface area contributed by atoms with Gasteiger partial charge in [0, 0.05) is 44.0 Å². The summed E-state index contributed by atoms with van der Waals surface area (Å²) in [5.74, 6) is -0.193. The number of alkyl halides is 1. The number of hydrogen-bond donors (Lipinski definition) is 1. The SMILES string of the molecule is COc1cc2c(cc1C(=O)NCCCN1CCC(F)CC1)sc1nc(-c3ccc([C@@H]4CCCN4C(=O)OC(C)(C)C)cc3F)cn12. The largest absolute Gasteiger partial charge is 0.496 e. The van der Waals surface area contributed by atoms with Crippen LogP contribution in [0.2, 0.25) is 0 Å². The lowest BCUT2D eigenvalue weighted by atomic mass is 10.0. The number of aromatic nitrogens is 2. The van der Waals surface area contributed by atoms with Crippen molar-refractivity contribution in [1.29, 1.82) is 0 Å². The average molecular weight is 654 g/mol. The number of likely N-dealkylation sites (tertiary alicyclic amines) is 2. The molecule has 1 N–H and O–H groups in total. The highest BCUT2D eigenvalue weighted by molar-refractivity contribution is 7.23. The van der Waals surface area contributed by atoms with Crippen molar-refractivity contribution in [3.63, 3.8) is 0 Å². The van der Waals surface area contributed by atoms with Gasteiger partial charge in [-0.25, -0.2) is 18.6 Å². The molecule has 1 atom stereocenters.